The number of carbonyl (C=O) groups is 4. The Morgan fingerprint density at radius 2 is 1.45 bits per heavy atom. The summed E-state index contributed by atoms with van der Waals surface area (Å²) in [5, 5.41) is 17.5. The number of alkyl carbamates (subject to hydrolysis) is 1. The van der Waals surface area contributed by atoms with Crippen LogP contribution in [0.2, 0.25) is 36.3 Å². The molecule has 0 aromatic heterocycles. The average molecular weight is 1080 g/mol. The predicted octanol–water partition coefficient (Wildman–Crippen LogP) is 10.7. The van der Waals surface area contributed by atoms with Gasteiger partial charge in [0.05, 0.1) is 36.3 Å². The molecule has 2 saturated heterocycles. The highest BCUT2D eigenvalue weighted by atomic mass is 28.4. The first kappa shape index (κ1) is 58.5. The zero-order valence-electron chi connectivity index (χ0n) is 46.9. The van der Waals surface area contributed by atoms with Crippen LogP contribution in [0.25, 0.3) is 0 Å². The van der Waals surface area contributed by atoms with Crippen molar-refractivity contribution in [2.45, 2.75) is 218 Å². The highest BCUT2D eigenvalue weighted by Crippen LogP contribution is 2.67. The molecule has 414 valence electrons. The largest absolute Gasteiger partial charge is 0.456 e. The molecule has 17 heteroatoms. The van der Waals surface area contributed by atoms with Crippen LogP contribution in [0.5, 0.6) is 0 Å². The number of rotatable bonds is 19. The molecule has 0 radical (unpaired) electrons. The van der Waals surface area contributed by atoms with E-state index in [1.807, 2.05) is 58.0 Å². The van der Waals surface area contributed by atoms with E-state index in [4.69, 9.17) is 42.0 Å². The van der Waals surface area contributed by atoms with Gasteiger partial charge in [0.1, 0.15) is 35.6 Å². The van der Waals surface area contributed by atoms with E-state index in [1.165, 1.54) is 6.92 Å². The van der Waals surface area contributed by atoms with Crippen LogP contribution in [-0.4, -0.2) is 118 Å². The molecular weight excluding hydrogens is 991 g/mol. The maximum absolute atomic E-state index is 15.7. The third kappa shape index (κ3) is 10.6. The number of hydrogen-bond acceptors (Lipinski definition) is 14. The lowest BCUT2D eigenvalue weighted by Crippen LogP contribution is -2.82. The van der Waals surface area contributed by atoms with E-state index in [1.54, 1.807) is 57.2 Å². The van der Waals surface area contributed by atoms with Crippen molar-refractivity contribution in [3.05, 3.63) is 95.6 Å². The molecule has 0 spiro atoms. The quantitative estimate of drug-likeness (QED) is 0.0586. The van der Waals surface area contributed by atoms with Crippen molar-refractivity contribution in [1.29, 1.82) is 0 Å². The van der Waals surface area contributed by atoms with Gasteiger partial charge in [0.25, 0.3) is 0 Å². The smallest absolute Gasteiger partial charge is 0.408 e. The molecule has 2 heterocycles. The van der Waals surface area contributed by atoms with Crippen molar-refractivity contribution in [3.8, 4) is 0 Å². The first-order valence-electron chi connectivity index (χ1n) is 27.4. The highest BCUT2D eigenvalue weighted by Gasteiger charge is 2.79. The third-order valence-electron chi connectivity index (χ3n) is 18.1. The van der Waals surface area contributed by atoms with Gasteiger partial charge in [-0.05, 0) is 98.9 Å². The Morgan fingerprint density at radius 3 is 1.97 bits per heavy atom. The number of carbonyl (C=O) groups excluding carboxylic acids is 4. The van der Waals surface area contributed by atoms with Crippen molar-refractivity contribution in [1.82, 2.24) is 5.32 Å². The van der Waals surface area contributed by atoms with Gasteiger partial charge in [0.2, 0.25) is 0 Å². The fourth-order valence-electron chi connectivity index (χ4n) is 13.3. The lowest BCUT2D eigenvalue weighted by atomic mass is 9.44. The van der Waals surface area contributed by atoms with Gasteiger partial charge in [0.15, 0.2) is 34.6 Å². The predicted molar refractivity (Wildman–Crippen MR) is 288 cm³/mol. The maximum Gasteiger partial charge on any atom is 0.408 e. The molecule has 7 rings (SSSR count). The molecule has 2 N–H and O–H groups in total. The molecule has 2 aromatic carbocycles. The summed E-state index contributed by atoms with van der Waals surface area (Å²) < 4.78 is 61.6. The minimum Gasteiger partial charge on any atom is -0.456 e. The maximum atomic E-state index is 15.7. The number of ether oxygens (including phenoxy) is 7. The van der Waals surface area contributed by atoms with Crippen LogP contribution < -0.4 is 5.32 Å². The molecule has 5 aliphatic rings. The van der Waals surface area contributed by atoms with Crippen LogP contribution in [0.15, 0.2) is 84.5 Å². The van der Waals surface area contributed by atoms with Crippen molar-refractivity contribution in [3.63, 3.8) is 0 Å². The van der Waals surface area contributed by atoms with E-state index in [0.29, 0.717) is 41.3 Å². The van der Waals surface area contributed by atoms with Crippen LogP contribution in [0.1, 0.15) is 132 Å². The van der Waals surface area contributed by atoms with Crippen molar-refractivity contribution >= 4 is 40.6 Å². The summed E-state index contributed by atoms with van der Waals surface area (Å²) in [5.41, 5.74) is -5.00. The summed E-state index contributed by atoms with van der Waals surface area (Å²) in [4.78, 5) is 58.2. The zero-order valence-corrected chi connectivity index (χ0v) is 48.9. The molecule has 2 aliphatic heterocycles. The van der Waals surface area contributed by atoms with Gasteiger partial charge in [-0.25, -0.2) is 14.4 Å². The van der Waals surface area contributed by atoms with E-state index in [-0.39, 0.29) is 18.6 Å². The number of esters is 3. The average Bonchev–Trinajstić information content (AvgIpc) is 3.81. The molecule has 13 atom stereocenters. The van der Waals surface area contributed by atoms with Crippen molar-refractivity contribution < 1.29 is 66.3 Å². The second-order valence-electron chi connectivity index (χ2n) is 23.3. The molecule has 75 heavy (non-hydrogen) atoms. The van der Waals surface area contributed by atoms with Gasteiger partial charge in [-0.3, -0.25) is 4.79 Å². The van der Waals surface area contributed by atoms with E-state index in [9.17, 15) is 14.7 Å². The number of amides is 1. The van der Waals surface area contributed by atoms with Crippen molar-refractivity contribution in [2.75, 3.05) is 6.61 Å². The highest BCUT2D eigenvalue weighted by molar-refractivity contribution is 6.74. The molecule has 2 aromatic rings. The van der Waals surface area contributed by atoms with Gasteiger partial charge >= 0.3 is 24.0 Å². The molecular formula is C58H85NO14Si2. The van der Waals surface area contributed by atoms with Gasteiger partial charge < -0.3 is 52.4 Å². The van der Waals surface area contributed by atoms with Crippen LogP contribution in [0.4, 0.5) is 4.79 Å². The Bertz CT molecular complexity index is 2400. The Kier molecular flexibility index (Phi) is 17.4. The fraction of sp³-hybridized carbons (Fsp3) is 0.655. The second-order valence-corrected chi connectivity index (χ2v) is 32.7. The van der Waals surface area contributed by atoms with Crippen molar-refractivity contribution in [2.24, 2.45) is 16.7 Å². The number of benzene rings is 2. The Labute approximate surface area is 447 Å². The summed E-state index contributed by atoms with van der Waals surface area (Å²) in [7, 11) is -5.19. The summed E-state index contributed by atoms with van der Waals surface area (Å²) in [6.45, 7) is 31.0. The molecule has 15 nitrogen and oxygen atoms in total. The van der Waals surface area contributed by atoms with Gasteiger partial charge in [-0.2, -0.15) is 0 Å². The normalized spacial score (nSPS) is 31.9. The van der Waals surface area contributed by atoms with E-state index in [0.717, 1.165) is 18.1 Å². The molecule has 2 unspecified atom stereocenters. The lowest BCUT2D eigenvalue weighted by Gasteiger charge is -2.69. The number of aliphatic hydroxyl groups is 1. The van der Waals surface area contributed by atoms with Crippen LogP contribution in [0, 0.1) is 16.7 Å². The first-order chi connectivity index (χ1) is 35.3. The van der Waals surface area contributed by atoms with E-state index in [2.05, 4.69) is 53.4 Å². The summed E-state index contributed by atoms with van der Waals surface area (Å²) in [5.74, 6) is -3.15. The number of nitrogens with one attached hydrogen (secondary N) is 1. The summed E-state index contributed by atoms with van der Waals surface area (Å²) in [6.07, 6.45) is -7.33. The minimum atomic E-state index is -2.70. The number of hydrogen-bond donors (Lipinski definition) is 2. The Balaban J connectivity index is 1.49. The number of fused-ring (bicyclic) bond motifs is 8. The van der Waals surface area contributed by atoms with Crippen LogP contribution in [0.3, 0.4) is 0 Å². The Hall–Kier alpha value is -4.21. The van der Waals surface area contributed by atoms with E-state index >= 15 is 9.59 Å². The summed E-state index contributed by atoms with van der Waals surface area (Å²) >= 11 is 0. The molecule has 2 bridgehead atoms. The Morgan fingerprint density at radius 1 is 0.867 bits per heavy atom. The zero-order chi connectivity index (χ0) is 55.1. The van der Waals surface area contributed by atoms with Gasteiger partial charge in [-0.1, -0.05) is 117 Å². The lowest BCUT2D eigenvalue weighted by molar-refractivity contribution is -0.360. The molecule has 2 saturated carbocycles. The SMILES string of the molecule is C=CC1O[C@@H]2C3=C(C)[C@@H](OC(=O)[C@H](O[Si](CC)(CC)CC)[C@@H](NC(=O)OC(C)(C)C)c4ccccc4)C[C@@](O)([C@@H](OC(=O)c4ccccc4)[C@H]4[C@@](C)([C@@H](O[Si](CC)(CC)CC)CC5OC[C@]54OC(C)=O)[C@@H]2O1)C3(C)C. The fourth-order valence-corrected chi connectivity index (χ4v) is 19.1. The molecule has 1 amide bonds. The molecule has 4 fully saturated rings. The van der Waals surface area contributed by atoms with Gasteiger partial charge in [0, 0.05) is 30.6 Å². The van der Waals surface area contributed by atoms with Crippen LogP contribution in [-0.2, 0) is 51.6 Å². The first-order valence-corrected chi connectivity index (χ1v) is 32.4. The van der Waals surface area contributed by atoms with Gasteiger partial charge in [-0.15, -0.1) is 0 Å². The topological polar surface area (TPSA) is 184 Å². The second kappa shape index (κ2) is 22.3. The standard InChI is InChI=1S/C58H85NO14Si2/c1-16-43-67-46-44-36(8)40(66-52(62)47(73-75(20-5,21-6)22-7)45(38-29-25-23-26-30-38)59-53(63)71-54(10,11)12)34-58(64,55(44,13)14)50(69-51(61)39-31-27-24-28-32-39)48-56(15,49(46)68-43)41(72-74(17-2,18-3)19-4)33-42-57(48,35-65-42)70-37(9)60/h16,23-32,40-43,45-50,64H,1,17-22,33-35H2,2-15H3,(H,59,63)/t40-,41-,42?,43?,45-,46+,47+,48-,49+,50-,56+,57-,58+/m0/s1. The van der Waals surface area contributed by atoms with E-state index < -0.39 is 129 Å². The molecule has 3 aliphatic carbocycles. The third-order valence-corrected chi connectivity index (χ3v) is 27.3. The monoisotopic (exact) mass is 1080 g/mol. The summed E-state index contributed by atoms with van der Waals surface area (Å²) in [6, 6.07) is 21.1. The van der Waals surface area contributed by atoms with Crippen LogP contribution >= 0.6 is 0 Å². The minimum absolute atomic E-state index is 0.0657.